The van der Waals surface area contributed by atoms with Crippen LogP contribution in [0, 0.1) is 0 Å². The number of methoxy groups -OCH3 is 1. The van der Waals surface area contributed by atoms with Gasteiger partial charge in [0.05, 0.1) is 12.0 Å². The molecule has 0 aliphatic carbocycles. The van der Waals surface area contributed by atoms with Gasteiger partial charge in [-0.15, -0.1) is 10.2 Å². The average molecular weight is 438 g/mol. The molecule has 6 nitrogen and oxygen atoms in total. The molecule has 1 unspecified atom stereocenters. The molecule has 2 aromatic carbocycles. The number of alkyl halides is 2. The van der Waals surface area contributed by atoms with E-state index in [9.17, 15) is 8.78 Å². The summed E-state index contributed by atoms with van der Waals surface area (Å²) in [6.45, 7) is 0.282. The molecule has 152 valence electrons. The number of ether oxygens (including phenoxy) is 3. The predicted molar refractivity (Wildman–Crippen MR) is 104 cm³/mol. The Kier molecular flexibility index (Phi) is 6.10. The number of hydrogen-bond acceptors (Lipinski definition) is 8. The molecule has 0 fully saturated rings. The van der Waals surface area contributed by atoms with Crippen molar-refractivity contribution in [3.05, 3.63) is 53.9 Å². The van der Waals surface area contributed by atoms with Crippen LogP contribution < -0.4 is 14.2 Å². The highest BCUT2D eigenvalue weighted by atomic mass is 32.2. The van der Waals surface area contributed by atoms with Gasteiger partial charge in [-0.1, -0.05) is 41.7 Å². The van der Waals surface area contributed by atoms with Crippen LogP contribution in [-0.4, -0.2) is 29.7 Å². The van der Waals surface area contributed by atoms with Gasteiger partial charge >= 0.3 is 0 Å². The summed E-state index contributed by atoms with van der Waals surface area (Å²) in [6.07, 6.45) is -0.475. The van der Waals surface area contributed by atoms with E-state index < -0.39 is 11.9 Å². The molecule has 0 amide bonds. The first-order valence-corrected chi connectivity index (χ1v) is 10.5. The Morgan fingerprint density at radius 3 is 2.79 bits per heavy atom. The van der Waals surface area contributed by atoms with E-state index in [1.807, 2.05) is 24.3 Å². The van der Waals surface area contributed by atoms with Crippen LogP contribution >= 0.6 is 23.5 Å². The molecular weight excluding hydrogens is 422 g/mol. The van der Waals surface area contributed by atoms with Gasteiger partial charge in [-0.25, -0.2) is 0 Å². The van der Waals surface area contributed by atoms with Gasteiger partial charge in [0, 0.05) is 5.75 Å². The first-order valence-electron chi connectivity index (χ1n) is 8.59. The minimum atomic E-state index is -2.50. The summed E-state index contributed by atoms with van der Waals surface area (Å²) in [5.41, 5.74) is 0.886. The SMILES string of the molecule is COc1cc(CSc2nnc(C3COc4ccccc4O3)o2)ccc1SC(F)F. The molecule has 0 bridgehead atoms. The normalized spacial score (nSPS) is 15.5. The summed E-state index contributed by atoms with van der Waals surface area (Å²) in [5.74, 6) is 0.0705. The van der Waals surface area contributed by atoms with Crippen molar-refractivity contribution >= 4 is 23.5 Å². The van der Waals surface area contributed by atoms with Crippen molar-refractivity contribution < 1.29 is 27.4 Å². The number of rotatable bonds is 7. The van der Waals surface area contributed by atoms with Gasteiger partial charge in [-0.05, 0) is 29.8 Å². The molecule has 1 atom stereocenters. The van der Waals surface area contributed by atoms with Crippen molar-refractivity contribution in [1.82, 2.24) is 10.2 Å². The van der Waals surface area contributed by atoms with E-state index in [2.05, 4.69) is 10.2 Å². The maximum absolute atomic E-state index is 12.6. The van der Waals surface area contributed by atoms with Crippen molar-refractivity contribution in [2.24, 2.45) is 0 Å². The van der Waals surface area contributed by atoms with Crippen LogP contribution in [0.15, 0.2) is 57.0 Å². The molecular formula is C19H16F2N2O4S2. The summed E-state index contributed by atoms with van der Waals surface area (Å²) in [5, 5.41) is 8.47. The van der Waals surface area contributed by atoms with Crippen LogP contribution in [0.25, 0.3) is 0 Å². The molecule has 1 aromatic heterocycles. The smallest absolute Gasteiger partial charge is 0.289 e. The van der Waals surface area contributed by atoms with Crippen molar-refractivity contribution in [1.29, 1.82) is 0 Å². The number of halogens is 2. The molecule has 10 heteroatoms. The van der Waals surface area contributed by atoms with Crippen molar-refractivity contribution in [2.45, 2.75) is 27.7 Å². The van der Waals surface area contributed by atoms with E-state index in [-0.39, 0.29) is 6.61 Å². The summed E-state index contributed by atoms with van der Waals surface area (Å²) in [6, 6.07) is 12.5. The number of fused-ring (bicyclic) bond motifs is 1. The Balaban J connectivity index is 1.39. The molecule has 29 heavy (non-hydrogen) atoms. The Hall–Kier alpha value is -2.46. The molecule has 0 N–H and O–H groups in total. The van der Waals surface area contributed by atoms with E-state index in [0.717, 1.165) is 5.56 Å². The molecule has 1 aliphatic heterocycles. The second kappa shape index (κ2) is 8.91. The third-order valence-corrected chi connectivity index (χ3v) is 5.67. The highest BCUT2D eigenvalue weighted by molar-refractivity contribution is 7.99. The largest absolute Gasteiger partial charge is 0.496 e. The fourth-order valence-electron chi connectivity index (χ4n) is 2.69. The number of aromatic nitrogens is 2. The zero-order chi connectivity index (χ0) is 20.2. The summed E-state index contributed by atoms with van der Waals surface area (Å²) >= 11 is 1.79. The van der Waals surface area contributed by atoms with Crippen LogP contribution in [0.1, 0.15) is 17.6 Å². The van der Waals surface area contributed by atoms with Crippen LogP contribution in [0.2, 0.25) is 0 Å². The molecule has 4 rings (SSSR count). The number of hydrogen-bond donors (Lipinski definition) is 0. The Morgan fingerprint density at radius 2 is 2.00 bits per heavy atom. The second-order valence-electron chi connectivity index (χ2n) is 5.92. The van der Waals surface area contributed by atoms with Gasteiger partial charge in [0.1, 0.15) is 12.4 Å². The zero-order valence-corrected chi connectivity index (χ0v) is 16.8. The molecule has 0 spiro atoms. The van der Waals surface area contributed by atoms with Gasteiger partial charge in [0.15, 0.2) is 11.5 Å². The van der Waals surface area contributed by atoms with E-state index in [4.69, 9.17) is 18.6 Å². The van der Waals surface area contributed by atoms with E-state index in [0.29, 0.717) is 50.8 Å². The fraction of sp³-hybridized carbons (Fsp3) is 0.263. The van der Waals surface area contributed by atoms with Crippen LogP contribution in [0.5, 0.6) is 17.2 Å². The van der Waals surface area contributed by atoms with Crippen molar-refractivity contribution in [2.75, 3.05) is 13.7 Å². The Labute approximate surface area is 173 Å². The fourth-order valence-corrected chi connectivity index (χ4v) is 4.00. The highest BCUT2D eigenvalue weighted by Crippen LogP contribution is 2.37. The molecule has 2 heterocycles. The third kappa shape index (κ3) is 4.76. The van der Waals surface area contributed by atoms with Crippen LogP contribution in [-0.2, 0) is 5.75 Å². The van der Waals surface area contributed by atoms with Crippen LogP contribution in [0.3, 0.4) is 0 Å². The van der Waals surface area contributed by atoms with E-state index in [1.54, 1.807) is 18.2 Å². The minimum absolute atomic E-state index is 0.282. The van der Waals surface area contributed by atoms with Gasteiger partial charge < -0.3 is 18.6 Å². The van der Waals surface area contributed by atoms with Crippen molar-refractivity contribution in [3.63, 3.8) is 0 Å². The maximum Gasteiger partial charge on any atom is 0.289 e. The quantitative estimate of drug-likeness (QED) is 0.467. The summed E-state index contributed by atoms with van der Waals surface area (Å²) in [4.78, 5) is 0.394. The number of para-hydroxylation sites is 2. The topological polar surface area (TPSA) is 66.6 Å². The monoisotopic (exact) mass is 438 g/mol. The zero-order valence-electron chi connectivity index (χ0n) is 15.2. The maximum atomic E-state index is 12.6. The predicted octanol–water partition coefficient (Wildman–Crippen LogP) is 5.20. The Morgan fingerprint density at radius 1 is 1.17 bits per heavy atom. The molecule has 0 radical (unpaired) electrons. The van der Waals surface area contributed by atoms with Gasteiger partial charge in [0.25, 0.3) is 16.9 Å². The summed E-state index contributed by atoms with van der Waals surface area (Å²) in [7, 11) is 1.45. The van der Waals surface area contributed by atoms with Gasteiger partial charge in [-0.3, -0.25) is 0 Å². The lowest BCUT2D eigenvalue weighted by Gasteiger charge is -2.23. The number of thioether (sulfide) groups is 2. The first kappa shape index (κ1) is 19.8. The molecule has 0 saturated heterocycles. The second-order valence-corrected chi connectivity index (χ2v) is 7.88. The highest BCUT2D eigenvalue weighted by Gasteiger charge is 2.27. The standard InChI is InChI=1S/C19H16F2N2O4S2/c1-24-14-8-11(6-7-16(14)29-18(20)21)10-28-19-23-22-17(27-19)15-9-25-12-4-2-3-5-13(12)26-15/h2-8,15,18H,9-10H2,1H3. The van der Waals surface area contributed by atoms with E-state index >= 15 is 0 Å². The third-order valence-electron chi connectivity index (χ3n) is 4.01. The average Bonchev–Trinajstić information content (AvgIpc) is 3.21. The van der Waals surface area contributed by atoms with Gasteiger partial charge in [-0.2, -0.15) is 8.78 Å². The molecule has 1 aliphatic rings. The van der Waals surface area contributed by atoms with Gasteiger partial charge in [0.2, 0.25) is 6.10 Å². The number of benzene rings is 2. The van der Waals surface area contributed by atoms with E-state index in [1.165, 1.54) is 18.9 Å². The minimum Gasteiger partial charge on any atom is -0.496 e. The molecule has 3 aromatic rings. The van der Waals surface area contributed by atoms with Crippen molar-refractivity contribution in [3.8, 4) is 17.2 Å². The lowest BCUT2D eigenvalue weighted by Crippen LogP contribution is -2.21. The van der Waals surface area contributed by atoms with Crippen LogP contribution in [0.4, 0.5) is 8.78 Å². The lowest BCUT2D eigenvalue weighted by molar-refractivity contribution is 0.0686. The first-order chi connectivity index (χ1) is 14.1. The number of nitrogens with zero attached hydrogens (tertiary/aromatic N) is 2. The Bertz CT molecular complexity index is 986. The lowest BCUT2D eigenvalue weighted by atomic mass is 10.2. The molecule has 0 saturated carbocycles. The summed E-state index contributed by atoms with van der Waals surface area (Å²) < 4.78 is 47.6.